The van der Waals surface area contributed by atoms with E-state index in [1.165, 1.54) is 0 Å². The van der Waals surface area contributed by atoms with Gasteiger partial charge in [0.2, 0.25) is 5.91 Å². The second kappa shape index (κ2) is 7.55. The van der Waals surface area contributed by atoms with Crippen molar-refractivity contribution >= 4 is 5.91 Å². The van der Waals surface area contributed by atoms with Crippen molar-refractivity contribution in [1.29, 1.82) is 0 Å². The molecule has 6 heteroatoms. The van der Waals surface area contributed by atoms with E-state index in [0.29, 0.717) is 12.8 Å². The van der Waals surface area contributed by atoms with E-state index in [4.69, 9.17) is 10.5 Å². The van der Waals surface area contributed by atoms with Crippen molar-refractivity contribution in [2.45, 2.75) is 51.6 Å². The highest BCUT2D eigenvalue weighted by Gasteiger charge is 2.30. The van der Waals surface area contributed by atoms with Gasteiger partial charge in [-0.15, -0.1) is 0 Å². The number of halogens is 2. The number of carbonyl (C=O) groups is 1. The molecule has 1 atom stereocenters. The molecule has 0 fully saturated rings. The largest absolute Gasteiger partial charge is 0.376 e. The van der Waals surface area contributed by atoms with Crippen LogP contribution in [0.2, 0.25) is 0 Å². The third-order valence-corrected chi connectivity index (χ3v) is 2.36. The summed E-state index contributed by atoms with van der Waals surface area (Å²) < 4.78 is 28.3. The van der Waals surface area contributed by atoms with Crippen LogP contribution in [-0.4, -0.2) is 37.1 Å². The van der Waals surface area contributed by atoms with Gasteiger partial charge in [0.1, 0.15) is 6.61 Å². The first kappa shape index (κ1) is 16.2. The highest BCUT2D eigenvalue weighted by atomic mass is 19.3. The lowest BCUT2D eigenvalue weighted by atomic mass is 9.94. The van der Waals surface area contributed by atoms with Gasteiger partial charge in [-0.2, -0.15) is 0 Å². The van der Waals surface area contributed by atoms with Gasteiger partial charge in [-0.25, -0.2) is 8.78 Å². The zero-order chi connectivity index (χ0) is 13.5. The third-order valence-electron chi connectivity index (χ3n) is 2.36. The average molecular weight is 252 g/mol. The molecule has 0 aromatic carbocycles. The first-order valence-electron chi connectivity index (χ1n) is 5.71. The normalized spacial score (nSPS) is 15.2. The molecule has 0 radical (unpaired) electrons. The molecule has 0 aromatic heterocycles. The first-order chi connectivity index (χ1) is 7.78. The van der Waals surface area contributed by atoms with Crippen LogP contribution in [0.5, 0.6) is 0 Å². The van der Waals surface area contributed by atoms with Crippen molar-refractivity contribution in [3.8, 4) is 0 Å². The van der Waals surface area contributed by atoms with Gasteiger partial charge in [0.15, 0.2) is 0 Å². The summed E-state index contributed by atoms with van der Waals surface area (Å²) in [6, 6.07) is 0.120. The summed E-state index contributed by atoms with van der Waals surface area (Å²) in [7, 11) is 0. The van der Waals surface area contributed by atoms with Crippen molar-refractivity contribution < 1.29 is 18.3 Å². The molecule has 0 aliphatic heterocycles. The van der Waals surface area contributed by atoms with E-state index in [9.17, 15) is 13.6 Å². The fourth-order valence-corrected chi connectivity index (χ4v) is 1.60. The molecule has 0 saturated heterocycles. The fraction of sp³-hybridized carbons (Fsp3) is 0.909. The number of amides is 1. The molecule has 0 aliphatic rings. The minimum absolute atomic E-state index is 0.120. The first-order valence-corrected chi connectivity index (χ1v) is 5.71. The molecule has 1 unspecified atom stereocenters. The summed E-state index contributed by atoms with van der Waals surface area (Å²) >= 11 is 0. The highest BCUT2D eigenvalue weighted by Crippen LogP contribution is 2.13. The Hall–Kier alpha value is -0.750. The van der Waals surface area contributed by atoms with Crippen molar-refractivity contribution in [3.05, 3.63) is 0 Å². The van der Waals surface area contributed by atoms with Crippen LogP contribution in [0.15, 0.2) is 0 Å². The summed E-state index contributed by atoms with van der Waals surface area (Å²) in [6.45, 7) is 5.17. The lowest BCUT2D eigenvalue weighted by Crippen LogP contribution is -2.55. The molecular formula is C11H22F2N2O2. The van der Waals surface area contributed by atoms with Gasteiger partial charge in [0.25, 0.3) is 6.43 Å². The molecule has 0 aromatic rings. The minimum atomic E-state index is -2.45. The standard InChI is InChI=1S/C11H22F2N2O2/c1-8(2)15-11(3,10(14)16)5-4-6-17-7-9(12)13/h8-9,15H,4-7H2,1-3H3,(H2,14,16). The van der Waals surface area contributed by atoms with Crippen LogP contribution >= 0.6 is 0 Å². The molecule has 4 nitrogen and oxygen atoms in total. The van der Waals surface area contributed by atoms with Gasteiger partial charge in [-0.05, 0) is 33.6 Å². The number of hydrogen-bond donors (Lipinski definition) is 2. The van der Waals surface area contributed by atoms with Crippen LogP contribution in [0.1, 0.15) is 33.6 Å². The zero-order valence-corrected chi connectivity index (χ0v) is 10.6. The number of carbonyl (C=O) groups excluding carboxylic acids is 1. The Bertz CT molecular complexity index is 238. The number of primary amides is 1. The van der Waals surface area contributed by atoms with Gasteiger partial charge in [-0.1, -0.05) is 0 Å². The van der Waals surface area contributed by atoms with Crippen molar-refractivity contribution in [2.75, 3.05) is 13.2 Å². The average Bonchev–Trinajstić information content (AvgIpc) is 2.15. The van der Waals surface area contributed by atoms with E-state index in [2.05, 4.69) is 5.32 Å². The Kier molecular flexibility index (Phi) is 7.22. The maximum absolute atomic E-state index is 11.8. The Labute approximate surface area is 101 Å². The molecule has 0 saturated carbocycles. The molecule has 0 bridgehead atoms. The van der Waals surface area contributed by atoms with Crippen LogP contribution in [-0.2, 0) is 9.53 Å². The topological polar surface area (TPSA) is 64.3 Å². The van der Waals surface area contributed by atoms with E-state index in [-0.39, 0.29) is 12.6 Å². The molecular weight excluding hydrogens is 230 g/mol. The summed E-state index contributed by atoms with van der Waals surface area (Å²) in [5.41, 5.74) is 4.50. The minimum Gasteiger partial charge on any atom is -0.376 e. The summed E-state index contributed by atoms with van der Waals surface area (Å²) in [4.78, 5) is 11.3. The maximum atomic E-state index is 11.8. The van der Waals surface area contributed by atoms with Crippen molar-refractivity contribution in [1.82, 2.24) is 5.32 Å². The van der Waals surface area contributed by atoms with Crippen LogP contribution in [0.25, 0.3) is 0 Å². The van der Waals surface area contributed by atoms with Gasteiger partial charge in [0, 0.05) is 12.6 Å². The maximum Gasteiger partial charge on any atom is 0.261 e. The number of nitrogens with two attached hydrogens (primary N) is 1. The van der Waals surface area contributed by atoms with Crippen molar-refractivity contribution in [3.63, 3.8) is 0 Å². The lowest BCUT2D eigenvalue weighted by Gasteiger charge is -2.29. The Morgan fingerprint density at radius 2 is 2.06 bits per heavy atom. The van der Waals surface area contributed by atoms with E-state index in [1.54, 1.807) is 6.92 Å². The van der Waals surface area contributed by atoms with Crippen LogP contribution in [0, 0.1) is 0 Å². The summed E-state index contributed by atoms with van der Waals surface area (Å²) in [5, 5.41) is 3.08. The Morgan fingerprint density at radius 1 is 1.47 bits per heavy atom. The number of rotatable bonds is 9. The zero-order valence-electron chi connectivity index (χ0n) is 10.6. The van der Waals surface area contributed by atoms with E-state index < -0.39 is 24.5 Å². The summed E-state index contributed by atoms with van der Waals surface area (Å²) in [5.74, 6) is -0.444. The highest BCUT2D eigenvalue weighted by molar-refractivity contribution is 5.84. The molecule has 0 rings (SSSR count). The van der Waals surface area contributed by atoms with Crippen LogP contribution in [0.4, 0.5) is 8.78 Å². The van der Waals surface area contributed by atoms with Crippen LogP contribution < -0.4 is 11.1 Å². The Morgan fingerprint density at radius 3 is 2.47 bits per heavy atom. The molecule has 0 aliphatic carbocycles. The lowest BCUT2D eigenvalue weighted by molar-refractivity contribution is -0.124. The monoisotopic (exact) mass is 252 g/mol. The van der Waals surface area contributed by atoms with Crippen LogP contribution in [0.3, 0.4) is 0 Å². The quantitative estimate of drug-likeness (QED) is 0.608. The number of nitrogens with one attached hydrogen (secondary N) is 1. The van der Waals surface area contributed by atoms with Gasteiger partial charge >= 0.3 is 0 Å². The smallest absolute Gasteiger partial charge is 0.261 e. The van der Waals surface area contributed by atoms with Crippen molar-refractivity contribution in [2.24, 2.45) is 5.73 Å². The third kappa shape index (κ3) is 7.23. The van der Waals surface area contributed by atoms with E-state index >= 15 is 0 Å². The number of alkyl halides is 2. The SMILES string of the molecule is CC(C)NC(C)(CCCOCC(F)F)C(N)=O. The Balaban J connectivity index is 3.97. The second-order valence-electron chi connectivity index (χ2n) is 4.56. The van der Waals surface area contributed by atoms with E-state index in [1.807, 2.05) is 13.8 Å². The molecule has 0 heterocycles. The molecule has 102 valence electrons. The number of hydrogen-bond acceptors (Lipinski definition) is 3. The molecule has 1 amide bonds. The summed E-state index contributed by atoms with van der Waals surface area (Å²) in [6.07, 6.45) is -1.48. The van der Waals surface area contributed by atoms with Gasteiger partial charge in [0.05, 0.1) is 5.54 Å². The number of ether oxygens (including phenoxy) is 1. The van der Waals surface area contributed by atoms with E-state index in [0.717, 1.165) is 0 Å². The predicted octanol–water partition coefficient (Wildman–Crippen LogP) is 1.29. The fourth-order valence-electron chi connectivity index (χ4n) is 1.60. The molecule has 0 spiro atoms. The molecule has 17 heavy (non-hydrogen) atoms. The second-order valence-corrected chi connectivity index (χ2v) is 4.56. The predicted molar refractivity (Wildman–Crippen MR) is 61.9 cm³/mol. The van der Waals surface area contributed by atoms with Gasteiger partial charge < -0.3 is 15.8 Å². The van der Waals surface area contributed by atoms with Gasteiger partial charge in [-0.3, -0.25) is 4.79 Å². The molecule has 3 N–H and O–H groups in total.